The Hall–Kier alpha value is -3.57. The Kier molecular flexibility index (Phi) is 11.4. The number of hydrogen-bond donors (Lipinski definition) is 7. The summed E-state index contributed by atoms with van der Waals surface area (Å²) in [5.74, 6) is -3.58. The van der Waals surface area contributed by atoms with Crippen LogP contribution in [0, 0.1) is 5.92 Å². The molecule has 0 saturated heterocycles. The predicted molar refractivity (Wildman–Crippen MR) is 142 cm³/mol. The molecule has 200 valence electrons. The zero-order chi connectivity index (χ0) is 27.5. The van der Waals surface area contributed by atoms with Crippen molar-refractivity contribution in [1.82, 2.24) is 16.0 Å². The molecule has 2 aromatic carbocycles. The highest BCUT2D eigenvalue weighted by molar-refractivity contribution is 7.80. The van der Waals surface area contributed by atoms with Gasteiger partial charge >= 0.3 is 5.97 Å². The number of carbonyl (C=O) groups excluding carboxylic acids is 3. The van der Waals surface area contributed by atoms with Crippen molar-refractivity contribution in [3.63, 3.8) is 0 Å². The Balaban J connectivity index is 2.17. The molecule has 10 nitrogen and oxygen atoms in total. The molecule has 0 bridgehead atoms. The number of amides is 3. The highest BCUT2D eigenvalue weighted by Gasteiger charge is 2.31. The fourth-order valence-electron chi connectivity index (χ4n) is 3.55. The fraction of sp³-hybridized carbons (Fsp3) is 0.385. The highest BCUT2D eigenvalue weighted by Crippen LogP contribution is 2.13. The molecule has 0 aromatic heterocycles. The van der Waals surface area contributed by atoms with E-state index >= 15 is 0 Å². The van der Waals surface area contributed by atoms with E-state index in [1.165, 1.54) is 12.1 Å². The van der Waals surface area contributed by atoms with E-state index in [4.69, 9.17) is 5.73 Å². The lowest BCUT2D eigenvalue weighted by Crippen LogP contribution is -2.59. The minimum Gasteiger partial charge on any atom is -0.508 e. The molecule has 3 amide bonds. The lowest BCUT2D eigenvalue weighted by molar-refractivity contribution is -0.141. The van der Waals surface area contributed by atoms with Crippen LogP contribution in [0.1, 0.15) is 25.0 Å². The molecular weight excluding hydrogens is 496 g/mol. The number of nitrogens with one attached hydrogen (secondary N) is 3. The van der Waals surface area contributed by atoms with Crippen molar-refractivity contribution >= 4 is 36.3 Å². The number of phenolic OH excluding ortho intramolecular Hbond substituents is 1. The van der Waals surface area contributed by atoms with Crippen LogP contribution in [-0.4, -0.2) is 63.8 Å². The molecule has 37 heavy (non-hydrogen) atoms. The first kappa shape index (κ1) is 29.7. The lowest BCUT2D eigenvalue weighted by Gasteiger charge is -2.27. The van der Waals surface area contributed by atoms with Crippen LogP contribution in [0.3, 0.4) is 0 Å². The molecule has 0 heterocycles. The van der Waals surface area contributed by atoms with Crippen LogP contribution in [0.4, 0.5) is 0 Å². The van der Waals surface area contributed by atoms with E-state index in [1.54, 1.807) is 26.0 Å². The standard InChI is InChI=1S/C26H34N4O6S/c1-15(2)22(30-23(32)19(27)12-16-6-4-3-5-7-16)25(34)28-20(13-17-8-10-18(31)11-9-17)24(33)29-21(14-37)26(35)36/h3-11,15,19-22,31,37H,12-14,27H2,1-2H3,(H,28,34)(H,29,33)(H,30,32)(H,35,36). The number of thiol groups is 1. The lowest BCUT2D eigenvalue weighted by atomic mass is 9.99. The van der Waals surface area contributed by atoms with Crippen molar-refractivity contribution in [2.45, 2.75) is 50.9 Å². The third kappa shape index (κ3) is 9.43. The van der Waals surface area contributed by atoms with Gasteiger partial charge in [-0.3, -0.25) is 14.4 Å². The van der Waals surface area contributed by atoms with Crippen LogP contribution in [0.15, 0.2) is 54.6 Å². The molecule has 0 aliphatic carbocycles. The Morgan fingerprint density at radius 1 is 0.811 bits per heavy atom. The number of carbonyl (C=O) groups is 4. The van der Waals surface area contributed by atoms with Gasteiger partial charge in [-0.1, -0.05) is 56.3 Å². The number of rotatable bonds is 13. The second kappa shape index (κ2) is 14.2. The van der Waals surface area contributed by atoms with Crippen molar-refractivity contribution in [1.29, 1.82) is 0 Å². The van der Waals surface area contributed by atoms with Gasteiger partial charge in [-0.2, -0.15) is 12.6 Å². The normalized spacial score (nSPS) is 14.2. The van der Waals surface area contributed by atoms with Crippen LogP contribution in [0.2, 0.25) is 0 Å². The number of phenols is 1. The van der Waals surface area contributed by atoms with Crippen LogP contribution in [-0.2, 0) is 32.0 Å². The topological polar surface area (TPSA) is 171 Å². The third-order valence-electron chi connectivity index (χ3n) is 5.69. The summed E-state index contributed by atoms with van der Waals surface area (Å²) in [7, 11) is 0. The molecule has 0 fully saturated rings. The fourth-order valence-corrected chi connectivity index (χ4v) is 3.80. The van der Waals surface area contributed by atoms with Gasteiger partial charge in [-0.15, -0.1) is 0 Å². The summed E-state index contributed by atoms with van der Waals surface area (Å²) in [5, 5.41) is 26.5. The van der Waals surface area contributed by atoms with E-state index in [2.05, 4.69) is 28.6 Å². The summed E-state index contributed by atoms with van der Waals surface area (Å²) < 4.78 is 0. The summed E-state index contributed by atoms with van der Waals surface area (Å²) in [5.41, 5.74) is 7.56. The van der Waals surface area contributed by atoms with E-state index in [0.29, 0.717) is 5.56 Å². The zero-order valence-corrected chi connectivity index (χ0v) is 21.7. The van der Waals surface area contributed by atoms with E-state index in [-0.39, 0.29) is 30.3 Å². The maximum Gasteiger partial charge on any atom is 0.327 e. The summed E-state index contributed by atoms with van der Waals surface area (Å²) in [6.07, 6.45) is 0.300. The van der Waals surface area contributed by atoms with E-state index in [9.17, 15) is 29.4 Å². The van der Waals surface area contributed by atoms with Gasteiger partial charge in [-0.25, -0.2) is 4.79 Å². The van der Waals surface area contributed by atoms with Gasteiger partial charge in [0.15, 0.2) is 0 Å². The monoisotopic (exact) mass is 530 g/mol. The second-order valence-corrected chi connectivity index (χ2v) is 9.41. The maximum absolute atomic E-state index is 13.2. The summed E-state index contributed by atoms with van der Waals surface area (Å²) in [6, 6.07) is 11.0. The first-order valence-electron chi connectivity index (χ1n) is 11.8. The molecule has 0 saturated carbocycles. The molecule has 2 aromatic rings. The molecule has 11 heteroatoms. The molecule has 0 radical (unpaired) electrons. The number of benzene rings is 2. The predicted octanol–water partition coefficient (Wildman–Crippen LogP) is 0.630. The minimum atomic E-state index is -1.27. The highest BCUT2D eigenvalue weighted by atomic mass is 32.1. The van der Waals surface area contributed by atoms with Gasteiger partial charge in [0.1, 0.15) is 23.9 Å². The van der Waals surface area contributed by atoms with Crippen LogP contribution in [0.25, 0.3) is 0 Å². The average molecular weight is 531 g/mol. The first-order valence-corrected chi connectivity index (χ1v) is 12.5. The van der Waals surface area contributed by atoms with E-state index < -0.39 is 47.9 Å². The molecule has 7 N–H and O–H groups in total. The van der Waals surface area contributed by atoms with Gasteiger partial charge in [0, 0.05) is 12.2 Å². The molecule has 0 spiro atoms. The zero-order valence-electron chi connectivity index (χ0n) is 20.8. The molecule has 0 aliphatic rings. The molecule has 2 rings (SSSR count). The van der Waals surface area contributed by atoms with E-state index in [0.717, 1.165) is 5.56 Å². The quantitative estimate of drug-likeness (QED) is 0.186. The van der Waals surface area contributed by atoms with Gasteiger partial charge in [0.25, 0.3) is 0 Å². The molecular formula is C26H34N4O6S. The number of nitrogens with two attached hydrogens (primary N) is 1. The molecule has 4 unspecified atom stereocenters. The Labute approximate surface area is 221 Å². The summed E-state index contributed by atoms with van der Waals surface area (Å²) in [6.45, 7) is 3.48. The van der Waals surface area contributed by atoms with Crippen molar-refractivity contribution in [3.05, 3.63) is 65.7 Å². The van der Waals surface area contributed by atoms with Gasteiger partial charge in [0.05, 0.1) is 6.04 Å². The number of carboxylic acid groups (broad SMARTS) is 1. The minimum absolute atomic E-state index is 0.0169. The largest absolute Gasteiger partial charge is 0.508 e. The van der Waals surface area contributed by atoms with Crippen molar-refractivity contribution in [3.8, 4) is 5.75 Å². The van der Waals surface area contributed by atoms with Gasteiger partial charge in [0.2, 0.25) is 17.7 Å². The third-order valence-corrected chi connectivity index (χ3v) is 6.05. The Bertz CT molecular complexity index is 1060. The molecule has 4 atom stereocenters. The number of aliphatic carboxylic acids is 1. The van der Waals surface area contributed by atoms with Crippen LogP contribution in [0.5, 0.6) is 5.75 Å². The average Bonchev–Trinajstić information content (AvgIpc) is 2.86. The SMILES string of the molecule is CC(C)C(NC(=O)C(N)Cc1ccccc1)C(=O)NC(Cc1ccc(O)cc1)C(=O)NC(CS)C(=O)O. The number of hydrogen-bond acceptors (Lipinski definition) is 7. The second-order valence-electron chi connectivity index (χ2n) is 9.04. The number of aromatic hydroxyl groups is 1. The van der Waals surface area contributed by atoms with Crippen LogP contribution >= 0.6 is 12.6 Å². The van der Waals surface area contributed by atoms with Crippen molar-refractivity contribution in [2.75, 3.05) is 5.75 Å². The first-order chi connectivity index (χ1) is 17.5. The Morgan fingerprint density at radius 2 is 1.38 bits per heavy atom. The van der Waals surface area contributed by atoms with E-state index in [1.807, 2.05) is 30.3 Å². The van der Waals surface area contributed by atoms with Crippen LogP contribution < -0.4 is 21.7 Å². The molecule has 0 aliphatic heterocycles. The van der Waals surface area contributed by atoms with Crippen molar-refractivity contribution in [2.24, 2.45) is 11.7 Å². The Morgan fingerprint density at radius 3 is 1.92 bits per heavy atom. The van der Waals surface area contributed by atoms with Gasteiger partial charge < -0.3 is 31.9 Å². The summed E-state index contributed by atoms with van der Waals surface area (Å²) in [4.78, 5) is 50.4. The maximum atomic E-state index is 13.2. The smallest absolute Gasteiger partial charge is 0.327 e. The summed E-state index contributed by atoms with van der Waals surface area (Å²) >= 11 is 3.96. The van der Waals surface area contributed by atoms with Crippen molar-refractivity contribution < 1.29 is 29.4 Å². The van der Waals surface area contributed by atoms with Gasteiger partial charge in [-0.05, 0) is 35.6 Å². The number of carboxylic acids is 1.